The first kappa shape index (κ1) is 19.5. The summed E-state index contributed by atoms with van der Waals surface area (Å²) in [6, 6.07) is 15.5. The second-order valence-electron chi connectivity index (χ2n) is 8.30. The maximum atomic E-state index is 13.3. The quantitative estimate of drug-likeness (QED) is 0.423. The Labute approximate surface area is 189 Å². The Kier molecular flexibility index (Phi) is 4.39. The van der Waals surface area contributed by atoms with E-state index < -0.39 is 0 Å². The van der Waals surface area contributed by atoms with Gasteiger partial charge in [0.1, 0.15) is 13.2 Å². The van der Waals surface area contributed by atoms with E-state index >= 15 is 0 Å². The Bertz CT molecular complexity index is 1570. The molecule has 0 saturated heterocycles. The SMILES string of the molecule is CC(C)c1ccc(-n2ccc3c(cnc4nc(-c5ccc6c(c5)OCCO6)nn43)c2=O)cc1. The fourth-order valence-electron chi connectivity index (χ4n) is 4.05. The molecule has 3 aromatic heterocycles. The number of rotatable bonds is 3. The smallest absolute Gasteiger partial charge is 0.266 e. The Morgan fingerprint density at radius 2 is 1.76 bits per heavy atom. The van der Waals surface area contributed by atoms with Crippen molar-refractivity contribution in [2.24, 2.45) is 0 Å². The normalized spacial score (nSPS) is 13.2. The molecule has 0 fully saturated rings. The van der Waals surface area contributed by atoms with Crippen LogP contribution in [0.25, 0.3) is 33.8 Å². The molecule has 4 heterocycles. The number of nitrogens with zero attached hydrogens (tertiary/aromatic N) is 5. The molecule has 1 aliphatic heterocycles. The van der Waals surface area contributed by atoms with Crippen molar-refractivity contribution in [3.8, 4) is 28.6 Å². The van der Waals surface area contributed by atoms with Gasteiger partial charge in [0, 0.05) is 23.6 Å². The van der Waals surface area contributed by atoms with Crippen LogP contribution >= 0.6 is 0 Å². The van der Waals surface area contributed by atoms with Crippen LogP contribution in [-0.2, 0) is 0 Å². The first-order valence-corrected chi connectivity index (χ1v) is 10.9. The molecule has 164 valence electrons. The first-order chi connectivity index (χ1) is 16.1. The average molecular weight is 439 g/mol. The monoisotopic (exact) mass is 439 g/mol. The lowest BCUT2D eigenvalue weighted by molar-refractivity contribution is 0.171. The summed E-state index contributed by atoms with van der Waals surface area (Å²) < 4.78 is 14.5. The molecule has 33 heavy (non-hydrogen) atoms. The van der Waals surface area contributed by atoms with Gasteiger partial charge in [0.05, 0.1) is 10.9 Å². The van der Waals surface area contributed by atoms with Crippen LogP contribution in [0.15, 0.2) is 65.7 Å². The molecule has 0 unspecified atom stereocenters. The van der Waals surface area contributed by atoms with Crippen molar-refractivity contribution in [2.45, 2.75) is 19.8 Å². The third-order valence-electron chi connectivity index (χ3n) is 5.87. The molecule has 0 spiro atoms. The second-order valence-corrected chi connectivity index (χ2v) is 8.30. The fourth-order valence-corrected chi connectivity index (χ4v) is 4.05. The molecular formula is C25H21N5O3. The van der Waals surface area contributed by atoms with Gasteiger partial charge in [-0.15, -0.1) is 5.10 Å². The lowest BCUT2D eigenvalue weighted by atomic mass is 10.0. The molecular weight excluding hydrogens is 418 g/mol. The van der Waals surface area contributed by atoms with Gasteiger partial charge in [-0.25, -0.2) is 4.98 Å². The third kappa shape index (κ3) is 3.22. The maximum Gasteiger partial charge on any atom is 0.266 e. The third-order valence-corrected chi connectivity index (χ3v) is 5.87. The van der Waals surface area contributed by atoms with Crippen molar-refractivity contribution >= 4 is 16.7 Å². The van der Waals surface area contributed by atoms with Crippen molar-refractivity contribution in [1.82, 2.24) is 24.1 Å². The van der Waals surface area contributed by atoms with Crippen molar-refractivity contribution in [1.29, 1.82) is 0 Å². The van der Waals surface area contributed by atoms with Crippen molar-refractivity contribution in [2.75, 3.05) is 13.2 Å². The van der Waals surface area contributed by atoms with Crippen molar-refractivity contribution in [3.05, 3.63) is 76.8 Å². The largest absolute Gasteiger partial charge is 0.486 e. The van der Waals surface area contributed by atoms with Crippen molar-refractivity contribution < 1.29 is 9.47 Å². The topological polar surface area (TPSA) is 83.5 Å². The van der Waals surface area contributed by atoms with E-state index in [1.54, 1.807) is 21.5 Å². The Hall–Kier alpha value is -4.20. The number of pyridine rings is 1. The standard InChI is InChI=1S/C25H21N5O3/c1-15(2)16-3-6-18(7-4-16)29-10-9-20-19(24(29)31)14-26-25-27-23(28-30(20)25)17-5-8-21-22(13-17)33-12-11-32-21/h3-10,13-15H,11-12H2,1-2H3. The summed E-state index contributed by atoms with van der Waals surface area (Å²) in [5.41, 5.74) is 3.32. The number of ether oxygens (including phenoxy) is 2. The molecule has 0 radical (unpaired) electrons. The molecule has 0 bridgehead atoms. The van der Waals surface area contributed by atoms with Gasteiger partial charge >= 0.3 is 0 Å². The van der Waals surface area contributed by atoms with Crippen LogP contribution < -0.4 is 15.0 Å². The molecule has 8 nitrogen and oxygen atoms in total. The molecule has 0 N–H and O–H groups in total. The number of fused-ring (bicyclic) bond motifs is 4. The van der Waals surface area contributed by atoms with Gasteiger partial charge in [0.25, 0.3) is 11.3 Å². The molecule has 0 saturated carbocycles. The summed E-state index contributed by atoms with van der Waals surface area (Å²) in [7, 11) is 0. The number of benzene rings is 2. The Morgan fingerprint density at radius 3 is 2.55 bits per heavy atom. The lowest BCUT2D eigenvalue weighted by Crippen LogP contribution is -2.18. The lowest BCUT2D eigenvalue weighted by Gasteiger charge is -2.18. The number of aromatic nitrogens is 5. The average Bonchev–Trinajstić information content (AvgIpc) is 3.29. The van der Waals surface area contributed by atoms with E-state index in [9.17, 15) is 4.79 Å². The highest BCUT2D eigenvalue weighted by Crippen LogP contribution is 2.33. The molecule has 0 atom stereocenters. The molecule has 5 aromatic rings. The van der Waals surface area contributed by atoms with Gasteiger partial charge in [-0.2, -0.15) is 9.50 Å². The summed E-state index contributed by atoms with van der Waals surface area (Å²) in [6.45, 7) is 5.33. The van der Waals surface area contributed by atoms with E-state index in [0.717, 1.165) is 11.3 Å². The van der Waals surface area contributed by atoms with Crippen LogP contribution in [0, 0.1) is 0 Å². The molecule has 8 heteroatoms. The van der Waals surface area contributed by atoms with Crippen molar-refractivity contribution in [3.63, 3.8) is 0 Å². The van der Waals surface area contributed by atoms with Crippen LogP contribution in [0.2, 0.25) is 0 Å². The van der Waals surface area contributed by atoms with Gasteiger partial charge in [-0.1, -0.05) is 26.0 Å². The van der Waals surface area contributed by atoms with Gasteiger partial charge < -0.3 is 9.47 Å². The number of hydrogen-bond acceptors (Lipinski definition) is 6. The fraction of sp³-hybridized carbons (Fsp3) is 0.200. The van der Waals surface area contributed by atoms with Crippen LogP contribution in [0.1, 0.15) is 25.3 Å². The summed E-state index contributed by atoms with van der Waals surface area (Å²) in [5, 5.41) is 5.10. The van der Waals surface area contributed by atoms with Crippen LogP contribution in [0.3, 0.4) is 0 Å². The zero-order chi connectivity index (χ0) is 22.5. The maximum absolute atomic E-state index is 13.3. The van der Waals surface area contributed by atoms with Crippen LogP contribution in [0.4, 0.5) is 0 Å². The highest BCUT2D eigenvalue weighted by molar-refractivity contribution is 5.79. The van der Waals surface area contributed by atoms with Crippen LogP contribution in [-0.4, -0.2) is 37.4 Å². The summed E-state index contributed by atoms with van der Waals surface area (Å²) in [6.07, 6.45) is 3.33. The first-order valence-electron chi connectivity index (χ1n) is 10.9. The van der Waals surface area contributed by atoms with E-state index in [2.05, 4.69) is 41.0 Å². The molecule has 6 rings (SSSR count). The van der Waals surface area contributed by atoms with E-state index in [1.807, 2.05) is 36.4 Å². The zero-order valence-electron chi connectivity index (χ0n) is 18.2. The second kappa shape index (κ2) is 7.44. The molecule has 2 aromatic carbocycles. The predicted octanol–water partition coefficient (Wildman–Crippen LogP) is 3.99. The summed E-state index contributed by atoms with van der Waals surface area (Å²) >= 11 is 0. The van der Waals surface area contributed by atoms with Crippen LogP contribution in [0.5, 0.6) is 11.5 Å². The Morgan fingerprint density at radius 1 is 0.970 bits per heavy atom. The highest BCUT2D eigenvalue weighted by atomic mass is 16.6. The summed E-state index contributed by atoms with van der Waals surface area (Å²) in [4.78, 5) is 22.2. The highest BCUT2D eigenvalue weighted by Gasteiger charge is 2.17. The van der Waals surface area contributed by atoms with E-state index in [0.29, 0.717) is 53.1 Å². The Balaban J connectivity index is 1.45. The predicted molar refractivity (Wildman–Crippen MR) is 124 cm³/mol. The number of hydrogen-bond donors (Lipinski definition) is 0. The van der Waals surface area contributed by atoms with Gasteiger partial charge in [0.15, 0.2) is 17.3 Å². The minimum atomic E-state index is -0.157. The summed E-state index contributed by atoms with van der Waals surface area (Å²) in [5.74, 6) is 2.73. The minimum absolute atomic E-state index is 0.157. The molecule has 0 aliphatic carbocycles. The van der Waals surface area contributed by atoms with E-state index in [4.69, 9.17) is 9.47 Å². The molecule has 0 amide bonds. The zero-order valence-corrected chi connectivity index (χ0v) is 18.2. The van der Waals surface area contributed by atoms with E-state index in [-0.39, 0.29) is 5.56 Å². The van der Waals surface area contributed by atoms with Gasteiger partial charge in [-0.05, 0) is 47.9 Å². The van der Waals surface area contributed by atoms with Gasteiger partial charge in [-0.3, -0.25) is 9.36 Å². The minimum Gasteiger partial charge on any atom is -0.486 e. The molecule has 1 aliphatic rings. The van der Waals surface area contributed by atoms with E-state index in [1.165, 1.54) is 5.56 Å². The van der Waals surface area contributed by atoms with Gasteiger partial charge in [0.2, 0.25) is 0 Å².